The van der Waals surface area contributed by atoms with Crippen molar-refractivity contribution in [2.24, 2.45) is 5.92 Å². The summed E-state index contributed by atoms with van der Waals surface area (Å²) in [7, 11) is 0. The number of ether oxygens (including phenoxy) is 2. The third-order valence-electron chi connectivity index (χ3n) is 4.60. The lowest BCUT2D eigenvalue weighted by Crippen LogP contribution is -2.55. The maximum absolute atomic E-state index is 10.5. The quantitative estimate of drug-likeness (QED) is 0.440. The van der Waals surface area contributed by atoms with Gasteiger partial charge in [-0.05, 0) is 32.1 Å². The molecule has 5 atom stereocenters. The molecule has 25 heavy (non-hydrogen) atoms. The Labute approximate surface area is 150 Å². The molecular weight excluding hydrogens is 320 g/mol. The number of carbonyl (C=O) groups is 1. The number of fused-ring (bicyclic) bond motifs is 2. The molecule has 0 unspecified atom stereocenters. The zero-order valence-corrected chi connectivity index (χ0v) is 14.9. The van der Waals surface area contributed by atoms with Crippen LogP contribution >= 0.6 is 0 Å². The number of hydrogen-bond acceptors (Lipinski definition) is 4. The SMILES string of the molecule is CC/C=C\C[C@H](O)/C=C/[C@@H]1O[C@@H]2C[C@@H](O2)[C@H]1C/C=C\CCCC(=O)O. The monoisotopic (exact) mass is 350 g/mol. The molecule has 0 amide bonds. The number of carboxylic acids is 1. The van der Waals surface area contributed by atoms with Gasteiger partial charge in [0.25, 0.3) is 0 Å². The van der Waals surface area contributed by atoms with Gasteiger partial charge in [-0.15, -0.1) is 0 Å². The van der Waals surface area contributed by atoms with Crippen LogP contribution in [0.3, 0.4) is 0 Å². The fraction of sp³-hybridized carbons (Fsp3) is 0.650. The van der Waals surface area contributed by atoms with Crippen molar-refractivity contribution < 1.29 is 24.5 Å². The molecular formula is C20H30O5. The Kier molecular flexibility index (Phi) is 8.38. The van der Waals surface area contributed by atoms with Crippen molar-refractivity contribution in [2.45, 2.75) is 76.5 Å². The van der Waals surface area contributed by atoms with Crippen molar-refractivity contribution >= 4 is 5.97 Å². The highest BCUT2D eigenvalue weighted by Gasteiger charge is 2.46. The summed E-state index contributed by atoms with van der Waals surface area (Å²) < 4.78 is 11.6. The number of aliphatic carboxylic acids is 1. The first-order chi connectivity index (χ1) is 12.1. The second-order valence-corrected chi connectivity index (χ2v) is 6.67. The summed E-state index contributed by atoms with van der Waals surface area (Å²) in [6.07, 6.45) is 16.6. The van der Waals surface area contributed by atoms with Gasteiger partial charge in [-0.2, -0.15) is 0 Å². The molecule has 3 rings (SSSR count). The van der Waals surface area contributed by atoms with Gasteiger partial charge in [-0.25, -0.2) is 0 Å². The van der Waals surface area contributed by atoms with Crippen LogP contribution < -0.4 is 0 Å². The topological polar surface area (TPSA) is 76.0 Å². The van der Waals surface area contributed by atoms with E-state index in [1.54, 1.807) is 0 Å². The summed E-state index contributed by atoms with van der Waals surface area (Å²) in [5.74, 6) is -0.504. The van der Waals surface area contributed by atoms with Crippen LogP contribution in [-0.2, 0) is 14.3 Å². The Hall–Kier alpha value is -1.43. The molecule has 0 spiro atoms. The van der Waals surface area contributed by atoms with E-state index in [0.29, 0.717) is 12.8 Å². The van der Waals surface area contributed by atoms with Crippen molar-refractivity contribution in [2.75, 3.05) is 0 Å². The third-order valence-corrected chi connectivity index (χ3v) is 4.60. The summed E-state index contributed by atoms with van der Waals surface area (Å²) in [5, 5.41) is 18.6. The van der Waals surface area contributed by atoms with Gasteiger partial charge in [0.1, 0.15) is 0 Å². The minimum atomic E-state index is -0.750. The van der Waals surface area contributed by atoms with E-state index in [2.05, 4.69) is 19.1 Å². The van der Waals surface area contributed by atoms with E-state index in [4.69, 9.17) is 14.6 Å². The van der Waals surface area contributed by atoms with Crippen LogP contribution in [0.5, 0.6) is 0 Å². The van der Waals surface area contributed by atoms with Gasteiger partial charge in [-0.3, -0.25) is 4.79 Å². The van der Waals surface area contributed by atoms with E-state index in [1.807, 2.05) is 24.3 Å². The molecule has 2 bridgehead atoms. The highest BCUT2D eigenvalue weighted by atomic mass is 16.7. The van der Waals surface area contributed by atoms with Gasteiger partial charge in [-0.1, -0.05) is 43.4 Å². The van der Waals surface area contributed by atoms with Gasteiger partial charge in [0.15, 0.2) is 6.29 Å². The van der Waals surface area contributed by atoms with Crippen molar-refractivity contribution in [3.05, 3.63) is 36.5 Å². The Morgan fingerprint density at radius 2 is 2.04 bits per heavy atom. The molecule has 3 saturated heterocycles. The van der Waals surface area contributed by atoms with Gasteiger partial charge < -0.3 is 19.7 Å². The van der Waals surface area contributed by atoms with Crippen LogP contribution in [0.4, 0.5) is 0 Å². The first-order valence-electron chi connectivity index (χ1n) is 9.29. The molecule has 0 aromatic heterocycles. The lowest BCUT2D eigenvalue weighted by Gasteiger charge is -2.49. The van der Waals surface area contributed by atoms with E-state index < -0.39 is 12.1 Å². The Morgan fingerprint density at radius 1 is 1.24 bits per heavy atom. The molecule has 3 aliphatic rings. The number of hydrogen-bond donors (Lipinski definition) is 2. The second-order valence-electron chi connectivity index (χ2n) is 6.67. The first-order valence-corrected chi connectivity index (χ1v) is 9.29. The molecule has 3 heterocycles. The average molecular weight is 350 g/mol. The van der Waals surface area contributed by atoms with E-state index in [1.165, 1.54) is 0 Å². The van der Waals surface area contributed by atoms with Crippen LogP contribution in [-0.4, -0.2) is 40.8 Å². The third kappa shape index (κ3) is 6.77. The maximum atomic E-state index is 10.5. The normalized spacial score (nSPS) is 30.2. The maximum Gasteiger partial charge on any atom is 0.303 e. The number of unbranched alkanes of at least 4 members (excludes halogenated alkanes) is 1. The zero-order chi connectivity index (χ0) is 18.1. The van der Waals surface area contributed by atoms with E-state index in [0.717, 1.165) is 25.7 Å². The molecule has 3 aliphatic heterocycles. The summed E-state index contributed by atoms with van der Waals surface area (Å²) in [6, 6.07) is 0. The fourth-order valence-electron chi connectivity index (χ4n) is 3.16. The number of aliphatic hydroxyl groups is 1. The molecule has 3 fully saturated rings. The zero-order valence-electron chi connectivity index (χ0n) is 14.9. The standard InChI is InChI=1S/C20H30O5/c1-2-3-6-9-15(21)12-13-17-16(18-14-20(24-17)25-18)10-7-4-5-8-11-19(22)23/h3-4,6-7,12-13,15-18,20-21H,2,5,8-11,14H2,1H3,(H,22,23)/b6-3-,7-4-,13-12+/t15-,16-,17-,18+,20-/m0/s1. The molecule has 0 saturated carbocycles. The molecule has 5 nitrogen and oxygen atoms in total. The molecule has 0 aromatic rings. The highest BCUT2D eigenvalue weighted by Crippen LogP contribution is 2.40. The summed E-state index contributed by atoms with van der Waals surface area (Å²) >= 11 is 0. The summed E-state index contributed by atoms with van der Waals surface area (Å²) in [6.45, 7) is 2.07. The van der Waals surface area contributed by atoms with E-state index >= 15 is 0 Å². The number of aliphatic hydroxyl groups excluding tert-OH is 1. The van der Waals surface area contributed by atoms with Crippen molar-refractivity contribution in [3.63, 3.8) is 0 Å². The number of rotatable bonds is 11. The Balaban J connectivity index is 1.79. The fourth-order valence-corrected chi connectivity index (χ4v) is 3.16. The van der Waals surface area contributed by atoms with Crippen LogP contribution in [0, 0.1) is 5.92 Å². The van der Waals surface area contributed by atoms with Gasteiger partial charge >= 0.3 is 5.97 Å². The highest BCUT2D eigenvalue weighted by molar-refractivity contribution is 5.66. The van der Waals surface area contributed by atoms with Crippen LogP contribution in [0.25, 0.3) is 0 Å². The number of carboxylic acid groups (broad SMARTS) is 1. The molecule has 2 N–H and O–H groups in total. The lowest BCUT2D eigenvalue weighted by atomic mass is 9.84. The van der Waals surface area contributed by atoms with Crippen LogP contribution in [0.15, 0.2) is 36.5 Å². The molecule has 0 aliphatic carbocycles. The Morgan fingerprint density at radius 3 is 2.76 bits per heavy atom. The minimum Gasteiger partial charge on any atom is -0.481 e. The predicted molar refractivity (Wildman–Crippen MR) is 96.1 cm³/mol. The molecule has 140 valence electrons. The van der Waals surface area contributed by atoms with Crippen molar-refractivity contribution in [3.8, 4) is 0 Å². The summed E-state index contributed by atoms with van der Waals surface area (Å²) in [4.78, 5) is 10.5. The van der Waals surface area contributed by atoms with Gasteiger partial charge in [0, 0.05) is 18.8 Å². The van der Waals surface area contributed by atoms with Crippen LogP contribution in [0.1, 0.15) is 51.9 Å². The molecule has 0 radical (unpaired) electrons. The second kappa shape index (κ2) is 10.5. The minimum absolute atomic E-state index is 0.0361. The van der Waals surface area contributed by atoms with Gasteiger partial charge in [0.05, 0.1) is 18.3 Å². The summed E-state index contributed by atoms with van der Waals surface area (Å²) in [5.41, 5.74) is 0. The predicted octanol–water partition coefficient (Wildman–Crippen LogP) is 3.59. The lowest BCUT2D eigenvalue weighted by molar-refractivity contribution is -0.337. The van der Waals surface area contributed by atoms with Crippen molar-refractivity contribution in [1.29, 1.82) is 0 Å². The molecule has 0 aromatic carbocycles. The van der Waals surface area contributed by atoms with Crippen LogP contribution in [0.2, 0.25) is 0 Å². The Bertz CT molecular complexity index is 490. The van der Waals surface area contributed by atoms with Crippen molar-refractivity contribution in [1.82, 2.24) is 0 Å². The number of allylic oxidation sites excluding steroid dienone is 3. The van der Waals surface area contributed by atoms with E-state index in [-0.39, 0.29) is 30.8 Å². The smallest absolute Gasteiger partial charge is 0.303 e. The molecule has 5 heteroatoms. The average Bonchev–Trinajstić information content (AvgIpc) is 2.55. The van der Waals surface area contributed by atoms with Gasteiger partial charge in [0.2, 0.25) is 0 Å². The largest absolute Gasteiger partial charge is 0.481 e. The van der Waals surface area contributed by atoms with E-state index in [9.17, 15) is 9.90 Å². The first kappa shape index (κ1) is 19.9.